The zero-order chi connectivity index (χ0) is 50.2. The zero-order valence-electron chi connectivity index (χ0n) is 41.6. The van der Waals surface area contributed by atoms with Crippen LogP contribution in [0.25, 0.3) is 72.0 Å². The summed E-state index contributed by atoms with van der Waals surface area (Å²) in [5.41, 5.74) is 24.2. The molecule has 0 amide bonds. The highest BCUT2D eigenvalue weighted by molar-refractivity contribution is 6.09. The highest BCUT2D eigenvalue weighted by atomic mass is 15.2. The Labute approximate surface area is 443 Å². The van der Waals surface area contributed by atoms with E-state index < -0.39 is 5.41 Å². The van der Waals surface area contributed by atoms with Crippen molar-refractivity contribution in [1.29, 1.82) is 0 Å². The van der Waals surface area contributed by atoms with E-state index >= 15 is 0 Å². The molecule has 3 nitrogen and oxygen atoms in total. The molecule has 0 saturated carbocycles. The van der Waals surface area contributed by atoms with Crippen molar-refractivity contribution >= 4 is 55.9 Å². The summed E-state index contributed by atoms with van der Waals surface area (Å²) < 4.78 is 2.40. The number of fused-ring (bicyclic) bond motifs is 12. The summed E-state index contributed by atoms with van der Waals surface area (Å²) in [5, 5.41) is 2.51. The molecule has 1 spiro atoms. The minimum absolute atomic E-state index is 0.610. The monoisotopic (exact) mass is 967 g/mol. The number of hydrogen-bond donors (Lipinski definition) is 0. The van der Waals surface area contributed by atoms with Crippen LogP contribution in [0.5, 0.6) is 0 Å². The molecule has 1 aliphatic carbocycles. The van der Waals surface area contributed by atoms with E-state index in [1.165, 1.54) is 77.7 Å². The van der Waals surface area contributed by atoms with E-state index in [4.69, 9.17) is 0 Å². The fraction of sp³-hybridized carbons (Fsp3) is 0.0137. The molecule has 0 atom stereocenters. The van der Waals surface area contributed by atoms with Crippen LogP contribution in [0.1, 0.15) is 22.3 Å². The van der Waals surface area contributed by atoms with Crippen LogP contribution in [0.2, 0.25) is 0 Å². The predicted molar refractivity (Wildman–Crippen MR) is 317 cm³/mol. The van der Waals surface area contributed by atoms with E-state index in [9.17, 15) is 0 Å². The first-order chi connectivity index (χ1) is 37.7. The molecule has 0 N–H and O–H groups in total. The van der Waals surface area contributed by atoms with Gasteiger partial charge in [0, 0.05) is 39.0 Å². The van der Waals surface area contributed by atoms with Crippen molar-refractivity contribution < 1.29 is 0 Å². The average molecular weight is 968 g/mol. The Kier molecular flexibility index (Phi) is 10.1. The van der Waals surface area contributed by atoms with Crippen molar-refractivity contribution in [3.63, 3.8) is 0 Å². The molecule has 3 heteroatoms. The molecule has 0 unspecified atom stereocenters. The Morgan fingerprint density at radius 1 is 0.289 bits per heavy atom. The van der Waals surface area contributed by atoms with Crippen LogP contribution < -0.4 is 9.80 Å². The fourth-order valence-corrected chi connectivity index (χ4v) is 12.8. The second kappa shape index (κ2) is 17.6. The lowest BCUT2D eigenvalue weighted by atomic mass is 9.64. The Morgan fingerprint density at radius 3 is 1.47 bits per heavy atom. The van der Waals surface area contributed by atoms with Crippen molar-refractivity contribution in [3.8, 4) is 50.2 Å². The Balaban J connectivity index is 0.943. The number of aromatic nitrogens is 1. The number of nitrogens with zero attached hydrogens (tertiary/aromatic N) is 3. The second-order valence-electron chi connectivity index (χ2n) is 20.0. The number of benzene rings is 12. The third-order valence-corrected chi connectivity index (χ3v) is 16.0. The van der Waals surface area contributed by atoms with E-state index in [1.807, 2.05) is 0 Å². The van der Waals surface area contributed by atoms with Gasteiger partial charge in [0.25, 0.3) is 0 Å². The first kappa shape index (κ1) is 43.6. The summed E-state index contributed by atoms with van der Waals surface area (Å²) >= 11 is 0. The minimum atomic E-state index is -0.610. The lowest BCUT2D eigenvalue weighted by Crippen LogP contribution is -2.36. The van der Waals surface area contributed by atoms with Crippen LogP contribution in [-0.2, 0) is 5.41 Å². The maximum absolute atomic E-state index is 2.52. The summed E-state index contributed by atoms with van der Waals surface area (Å²) in [5.74, 6) is 0. The lowest BCUT2D eigenvalue weighted by Gasteiger charge is -2.45. The fourth-order valence-electron chi connectivity index (χ4n) is 12.8. The van der Waals surface area contributed by atoms with Crippen molar-refractivity contribution in [1.82, 2.24) is 4.57 Å². The molecule has 0 radical (unpaired) electrons. The topological polar surface area (TPSA) is 11.4 Å². The molecule has 0 bridgehead atoms. The number of hydrogen-bond acceptors (Lipinski definition) is 2. The van der Waals surface area contributed by atoms with Crippen LogP contribution in [0.15, 0.2) is 297 Å². The van der Waals surface area contributed by atoms with Gasteiger partial charge in [0.1, 0.15) is 0 Å². The molecule has 1 aliphatic heterocycles. The van der Waals surface area contributed by atoms with E-state index in [1.54, 1.807) is 0 Å². The van der Waals surface area contributed by atoms with Crippen molar-refractivity contribution in [3.05, 3.63) is 320 Å². The molecule has 0 saturated heterocycles. The number of rotatable bonds is 8. The van der Waals surface area contributed by atoms with Crippen LogP contribution >= 0.6 is 0 Å². The van der Waals surface area contributed by atoms with Gasteiger partial charge in [-0.25, -0.2) is 0 Å². The smallest absolute Gasteiger partial charge is 0.0755 e. The molecule has 1 aromatic heterocycles. The van der Waals surface area contributed by atoms with Gasteiger partial charge in [0.05, 0.1) is 39.2 Å². The summed E-state index contributed by atoms with van der Waals surface area (Å²) in [6.07, 6.45) is 0. The maximum Gasteiger partial charge on any atom is 0.0755 e. The van der Waals surface area contributed by atoms with Gasteiger partial charge < -0.3 is 14.4 Å². The second-order valence-corrected chi connectivity index (χ2v) is 20.0. The summed E-state index contributed by atoms with van der Waals surface area (Å²) in [4.78, 5) is 4.97. The Bertz CT molecular complexity index is 4260. The van der Waals surface area contributed by atoms with Gasteiger partial charge in [-0.2, -0.15) is 0 Å². The average Bonchev–Trinajstić information content (AvgIpc) is 4.21. The molecule has 0 fully saturated rings. The molecular weight excluding hydrogens is 919 g/mol. The zero-order valence-corrected chi connectivity index (χ0v) is 41.6. The SMILES string of the molecule is c1ccc(-c2cccc(-c3ccccc3N(c3ccc(-c4cccc(-n5c6ccccc6c6ccccc65)c4)cc3)c3cccc4c3-c3ccccc3C43c4ccccc4N(c4ccccc4)c4ccccc43)c2)cc1. The van der Waals surface area contributed by atoms with E-state index in [-0.39, 0.29) is 0 Å². The predicted octanol–water partition coefficient (Wildman–Crippen LogP) is 19.4. The van der Waals surface area contributed by atoms with Crippen LogP contribution in [0, 0.1) is 0 Å². The van der Waals surface area contributed by atoms with Gasteiger partial charge in [-0.05, 0) is 134 Å². The van der Waals surface area contributed by atoms with Crippen LogP contribution in [-0.4, -0.2) is 4.57 Å². The molecular formula is C73H49N3. The maximum atomic E-state index is 2.52. The molecule has 12 aromatic carbocycles. The van der Waals surface area contributed by atoms with Gasteiger partial charge in [-0.3, -0.25) is 0 Å². The Hall–Kier alpha value is -9.96. The summed E-state index contributed by atoms with van der Waals surface area (Å²) in [6.45, 7) is 0. The molecule has 76 heavy (non-hydrogen) atoms. The quantitative estimate of drug-likeness (QED) is 0.150. The van der Waals surface area contributed by atoms with Gasteiger partial charge >= 0.3 is 0 Å². The molecule has 13 aromatic rings. The van der Waals surface area contributed by atoms with Crippen molar-refractivity contribution in [2.45, 2.75) is 5.41 Å². The van der Waals surface area contributed by atoms with Gasteiger partial charge in [0.15, 0.2) is 0 Å². The Morgan fingerprint density at radius 2 is 0.763 bits per heavy atom. The first-order valence-corrected chi connectivity index (χ1v) is 26.3. The van der Waals surface area contributed by atoms with Gasteiger partial charge in [-0.1, -0.05) is 218 Å². The molecule has 2 aliphatic rings. The molecule has 15 rings (SSSR count). The van der Waals surface area contributed by atoms with E-state index in [0.717, 1.165) is 50.7 Å². The number of para-hydroxylation sites is 6. The van der Waals surface area contributed by atoms with E-state index in [0.29, 0.717) is 0 Å². The molecule has 356 valence electrons. The summed E-state index contributed by atoms with van der Waals surface area (Å²) in [6, 6.07) is 109. The summed E-state index contributed by atoms with van der Waals surface area (Å²) in [7, 11) is 0. The van der Waals surface area contributed by atoms with Crippen molar-refractivity contribution in [2.75, 3.05) is 9.80 Å². The normalized spacial score (nSPS) is 12.8. The first-order valence-electron chi connectivity index (χ1n) is 26.3. The number of anilines is 6. The van der Waals surface area contributed by atoms with Crippen molar-refractivity contribution in [2.24, 2.45) is 0 Å². The van der Waals surface area contributed by atoms with Crippen LogP contribution in [0.4, 0.5) is 34.1 Å². The lowest BCUT2D eigenvalue weighted by molar-refractivity contribution is 0.752. The minimum Gasteiger partial charge on any atom is -0.310 e. The molecule has 2 heterocycles. The third kappa shape index (κ3) is 6.62. The van der Waals surface area contributed by atoms with Gasteiger partial charge in [-0.15, -0.1) is 0 Å². The highest BCUT2D eigenvalue weighted by Crippen LogP contribution is 2.65. The standard InChI is InChI=1S/C73H49N3/c1-3-22-50(23-4-1)52-24-19-26-54(48-52)58-30-8-14-38-66(58)74(56-46-44-51(45-47-56)53-25-20-29-57(49-53)76-67-39-15-9-31-59(67)60-32-10-16-40-68(60)76)71-43-21-37-65-72(71)61-33-7-11-34-62(61)73(65)63-35-12-17-41-69(63)75(55-27-5-2-6-28-55)70-42-18-13-36-64(70)73/h1-49H. The largest absolute Gasteiger partial charge is 0.310 e. The van der Waals surface area contributed by atoms with Gasteiger partial charge in [0.2, 0.25) is 0 Å². The third-order valence-electron chi connectivity index (χ3n) is 16.0. The van der Waals surface area contributed by atoms with E-state index in [2.05, 4.69) is 312 Å². The van der Waals surface area contributed by atoms with Crippen LogP contribution in [0.3, 0.4) is 0 Å². The highest BCUT2D eigenvalue weighted by Gasteiger charge is 2.52.